The average molecular weight is 328 g/mol. The molecule has 0 aromatic heterocycles. The lowest BCUT2D eigenvalue weighted by molar-refractivity contribution is 0.240. The van der Waals surface area contributed by atoms with Gasteiger partial charge in [-0.2, -0.15) is 0 Å². The van der Waals surface area contributed by atoms with Crippen LogP contribution in [0.15, 0.2) is 48.5 Å². The zero-order valence-electron chi connectivity index (χ0n) is 14.2. The third kappa shape index (κ3) is 5.50. The summed E-state index contributed by atoms with van der Waals surface area (Å²) in [6.45, 7) is 3.54. The minimum atomic E-state index is -0.182. The highest BCUT2D eigenvalue weighted by molar-refractivity contribution is 5.73. The fourth-order valence-electron chi connectivity index (χ4n) is 2.31. The minimum Gasteiger partial charge on any atom is -0.493 e. The van der Waals surface area contributed by atoms with Gasteiger partial charge in [0.15, 0.2) is 11.5 Å². The first-order chi connectivity index (χ1) is 11.7. The summed E-state index contributed by atoms with van der Waals surface area (Å²) in [6.07, 6.45) is 0.811. The fraction of sp³-hybridized carbons (Fsp3) is 0.316. The van der Waals surface area contributed by atoms with Gasteiger partial charge >= 0.3 is 6.03 Å². The fourth-order valence-corrected chi connectivity index (χ4v) is 2.31. The van der Waals surface area contributed by atoms with Crippen molar-refractivity contribution in [2.45, 2.75) is 19.9 Å². The van der Waals surface area contributed by atoms with Crippen LogP contribution in [0.1, 0.15) is 18.1 Å². The number of amides is 2. The molecule has 0 atom stereocenters. The van der Waals surface area contributed by atoms with Gasteiger partial charge in [-0.05, 0) is 36.6 Å². The number of rotatable bonds is 8. The van der Waals surface area contributed by atoms with Gasteiger partial charge in [0.05, 0.1) is 13.7 Å². The standard InChI is InChI=1S/C19H24N2O3/c1-3-24-17-10-9-16(13-18(17)23-2)14-21-19(22)20-12-11-15-7-5-4-6-8-15/h4-10,13H,3,11-12,14H2,1-2H3,(H2,20,21,22). The van der Waals surface area contributed by atoms with Gasteiger partial charge in [-0.3, -0.25) is 0 Å². The summed E-state index contributed by atoms with van der Waals surface area (Å²) in [5, 5.41) is 5.70. The summed E-state index contributed by atoms with van der Waals surface area (Å²) < 4.78 is 10.8. The Morgan fingerprint density at radius 2 is 1.79 bits per heavy atom. The highest BCUT2D eigenvalue weighted by atomic mass is 16.5. The number of carbonyl (C=O) groups excluding carboxylic acids is 1. The van der Waals surface area contributed by atoms with Crippen LogP contribution in [0, 0.1) is 0 Å². The molecular formula is C19H24N2O3. The van der Waals surface area contributed by atoms with E-state index in [1.807, 2.05) is 55.5 Å². The van der Waals surface area contributed by atoms with Crippen molar-refractivity contribution >= 4 is 6.03 Å². The Balaban J connectivity index is 1.77. The van der Waals surface area contributed by atoms with Crippen molar-refractivity contribution in [1.82, 2.24) is 10.6 Å². The van der Waals surface area contributed by atoms with Gasteiger partial charge in [0, 0.05) is 13.1 Å². The highest BCUT2D eigenvalue weighted by Gasteiger charge is 2.06. The van der Waals surface area contributed by atoms with Crippen molar-refractivity contribution in [2.24, 2.45) is 0 Å². The maximum Gasteiger partial charge on any atom is 0.315 e. The number of nitrogens with one attached hydrogen (secondary N) is 2. The first-order valence-electron chi connectivity index (χ1n) is 8.08. The summed E-state index contributed by atoms with van der Waals surface area (Å²) in [7, 11) is 1.60. The van der Waals surface area contributed by atoms with Crippen LogP contribution in [0.3, 0.4) is 0 Å². The minimum absolute atomic E-state index is 0.182. The van der Waals surface area contributed by atoms with E-state index in [1.54, 1.807) is 7.11 Å². The molecular weight excluding hydrogens is 304 g/mol. The van der Waals surface area contributed by atoms with E-state index < -0.39 is 0 Å². The number of hydrogen-bond donors (Lipinski definition) is 2. The normalized spacial score (nSPS) is 10.1. The summed E-state index contributed by atoms with van der Waals surface area (Å²) in [5.41, 5.74) is 2.16. The number of urea groups is 1. The third-order valence-electron chi connectivity index (χ3n) is 3.52. The molecule has 5 heteroatoms. The molecule has 5 nitrogen and oxygen atoms in total. The molecule has 2 rings (SSSR count). The topological polar surface area (TPSA) is 59.6 Å². The molecule has 0 radical (unpaired) electrons. The van der Waals surface area contributed by atoms with Crippen LogP contribution in [0.2, 0.25) is 0 Å². The predicted molar refractivity (Wildman–Crippen MR) is 94.5 cm³/mol. The van der Waals surface area contributed by atoms with Crippen molar-refractivity contribution in [1.29, 1.82) is 0 Å². The third-order valence-corrected chi connectivity index (χ3v) is 3.52. The second-order valence-corrected chi connectivity index (χ2v) is 5.26. The molecule has 0 unspecified atom stereocenters. The maximum atomic E-state index is 11.9. The molecule has 0 bridgehead atoms. The molecule has 0 saturated heterocycles. The van der Waals surface area contributed by atoms with Gasteiger partial charge in [0.25, 0.3) is 0 Å². The second kappa shape index (κ2) is 9.45. The van der Waals surface area contributed by atoms with E-state index in [0.29, 0.717) is 31.2 Å². The van der Waals surface area contributed by atoms with Crippen molar-refractivity contribution in [3.8, 4) is 11.5 Å². The Kier molecular flexibility index (Phi) is 6.95. The lowest BCUT2D eigenvalue weighted by Gasteiger charge is -2.12. The van der Waals surface area contributed by atoms with Crippen LogP contribution in [-0.4, -0.2) is 26.3 Å². The summed E-state index contributed by atoms with van der Waals surface area (Å²) in [4.78, 5) is 11.9. The van der Waals surface area contributed by atoms with Crippen LogP contribution in [-0.2, 0) is 13.0 Å². The maximum absolute atomic E-state index is 11.9. The molecule has 0 heterocycles. The van der Waals surface area contributed by atoms with Gasteiger partial charge in [-0.25, -0.2) is 4.79 Å². The Labute approximate surface area is 143 Å². The number of methoxy groups -OCH3 is 1. The van der Waals surface area contributed by atoms with E-state index in [2.05, 4.69) is 10.6 Å². The molecule has 2 aromatic carbocycles. The zero-order valence-corrected chi connectivity index (χ0v) is 14.2. The van der Waals surface area contributed by atoms with E-state index in [9.17, 15) is 4.79 Å². The molecule has 2 amide bonds. The van der Waals surface area contributed by atoms with Gasteiger partial charge in [0.1, 0.15) is 0 Å². The van der Waals surface area contributed by atoms with Crippen LogP contribution in [0.4, 0.5) is 4.79 Å². The Bertz CT molecular complexity index is 644. The smallest absolute Gasteiger partial charge is 0.315 e. The molecule has 0 aliphatic rings. The van der Waals surface area contributed by atoms with E-state index in [0.717, 1.165) is 12.0 Å². The van der Waals surface area contributed by atoms with Crippen molar-refractivity contribution in [3.05, 3.63) is 59.7 Å². The summed E-state index contributed by atoms with van der Waals surface area (Å²) in [5.74, 6) is 1.37. The van der Waals surface area contributed by atoms with Crippen molar-refractivity contribution in [2.75, 3.05) is 20.3 Å². The zero-order chi connectivity index (χ0) is 17.2. The Hall–Kier alpha value is -2.69. The number of hydrogen-bond acceptors (Lipinski definition) is 3. The molecule has 0 aliphatic carbocycles. The van der Waals surface area contributed by atoms with Crippen LogP contribution in [0.5, 0.6) is 11.5 Å². The number of benzene rings is 2. The van der Waals surface area contributed by atoms with E-state index >= 15 is 0 Å². The summed E-state index contributed by atoms with van der Waals surface area (Å²) >= 11 is 0. The van der Waals surface area contributed by atoms with Crippen LogP contribution >= 0.6 is 0 Å². The molecule has 0 spiro atoms. The SMILES string of the molecule is CCOc1ccc(CNC(=O)NCCc2ccccc2)cc1OC. The first-order valence-corrected chi connectivity index (χ1v) is 8.08. The van der Waals surface area contributed by atoms with Gasteiger partial charge in [0.2, 0.25) is 0 Å². The molecule has 2 aromatic rings. The lowest BCUT2D eigenvalue weighted by atomic mass is 10.1. The van der Waals surface area contributed by atoms with Crippen LogP contribution < -0.4 is 20.1 Å². The van der Waals surface area contributed by atoms with Gasteiger partial charge < -0.3 is 20.1 Å². The molecule has 128 valence electrons. The average Bonchev–Trinajstić information content (AvgIpc) is 2.62. The molecule has 0 fully saturated rings. The predicted octanol–water partition coefficient (Wildman–Crippen LogP) is 3.14. The largest absolute Gasteiger partial charge is 0.493 e. The lowest BCUT2D eigenvalue weighted by Crippen LogP contribution is -2.36. The second-order valence-electron chi connectivity index (χ2n) is 5.26. The van der Waals surface area contributed by atoms with Crippen molar-refractivity contribution < 1.29 is 14.3 Å². The first kappa shape index (κ1) is 17.7. The van der Waals surface area contributed by atoms with Gasteiger partial charge in [-0.1, -0.05) is 36.4 Å². The molecule has 0 saturated carbocycles. The number of ether oxygens (including phenoxy) is 2. The molecule has 24 heavy (non-hydrogen) atoms. The van der Waals surface area contributed by atoms with Crippen molar-refractivity contribution in [3.63, 3.8) is 0 Å². The number of carbonyl (C=O) groups is 1. The molecule has 0 aliphatic heterocycles. The monoisotopic (exact) mass is 328 g/mol. The van der Waals surface area contributed by atoms with E-state index in [1.165, 1.54) is 5.56 Å². The van der Waals surface area contributed by atoms with E-state index in [4.69, 9.17) is 9.47 Å². The molecule has 2 N–H and O–H groups in total. The van der Waals surface area contributed by atoms with E-state index in [-0.39, 0.29) is 6.03 Å². The Morgan fingerprint density at radius 1 is 1.00 bits per heavy atom. The Morgan fingerprint density at radius 3 is 2.50 bits per heavy atom. The summed E-state index contributed by atoms with van der Waals surface area (Å²) in [6, 6.07) is 15.5. The van der Waals surface area contributed by atoms with Gasteiger partial charge in [-0.15, -0.1) is 0 Å². The highest BCUT2D eigenvalue weighted by Crippen LogP contribution is 2.27. The van der Waals surface area contributed by atoms with Crippen LogP contribution in [0.25, 0.3) is 0 Å². The quantitative estimate of drug-likeness (QED) is 0.783.